The van der Waals surface area contributed by atoms with Crippen LogP contribution in [0.15, 0.2) is 18.2 Å². The summed E-state index contributed by atoms with van der Waals surface area (Å²) in [6.45, 7) is -0.182. The van der Waals surface area contributed by atoms with Crippen LogP contribution in [-0.4, -0.2) is 40.7 Å². The number of rotatable bonds is 4. The average Bonchev–Trinajstić information content (AvgIpc) is 2.81. The molecule has 0 unspecified atom stereocenters. The molecule has 0 radical (unpaired) electrons. The molecule has 1 heterocycles. The Balaban J connectivity index is 1.93. The van der Waals surface area contributed by atoms with Crippen LogP contribution in [0.1, 0.15) is 10.4 Å². The molecule has 7 nitrogen and oxygen atoms in total. The van der Waals surface area contributed by atoms with Crippen LogP contribution >= 0.6 is 0 Å². The largest absolute Gasteiger partial charge is 0.460 e. The normalized spacial score (nSPS) is 10.3. The number of fused-ring (bicyclic) bond motifs is 1. The Bertz CT molecular complexity index is 583. The second-order valence-corrected chi connectivity index (χ2v) is 3.36. The lowest BCUT2D eigenvalue weighted by atomic mass is 10.2. The highest BCUT2D eigenvalue weighted by molar-refractivity contribution is 5.93. The van der Waals surface area contributed by atoms with E-state index in [0.29, 0.717) is 16.6 Å². The van der Waals surface area contributed by atoms with Crippen molar-refractivity contribution in [3.63, 3.8) is 0 Å². The summed E-state index contributed by atoms with van der Waals surface area (Å²) in [6.07, 6.45) is -1.66. The molecule has 1 aromatic heterocycles. The molecule has 0 aliphatic heterocycles. The minimum Gasteiger partial charge on any atom is -0.460 e. The monoisotopic (exact) mass is 252 g/mol. The van der Waals surface area contributed by atoms with E-state index in [-0.39, 0.29) is 13.2 Å². The van der Waals surface area contributed by atoms with E-state index in [1.807, 2.05) is 5.32 Å². The molecule has 2 N–H and O–H groups in total. The second-order valence-electron chi connectivity index (χ2n) is 3.36. The number of aromatic nitrogens is 3. The summed E-state index contributed by atoms with van der Waals surface area (Å²) in [5, 5.41) is 12.0. The third kappa shape index (κ3) is 2.78. The SMILES string of the molecule is O=C(F)NCCOC(=O)c1ccc2n[nH]nc2c1. The lowest BCUT2D eigenvalue weighted by molar-refractivity contribution is 0.0509. The Morgan fingerprint density at radius 2 is 2.11 bits per heavy atom. The highest BCUT2D eigenvalue weighted by Crippen LogP contribution is 2.11. The molecule has 1 amide bonds. The Kier molecular flexibility index (Phi) is 3.46. The van der Waals surface area contributed by atoms with Crippen molar-refractivity contribution in [3.8, 4) is 0 Å². The van der Waals surface area contributed by atoms with Crippen molar-refractivity contribution in [2.24, 2.45) is 0 Å². The first-order valence-corrected chi connectivity index (χ1v) is 5.08. The molecule has 0 saturated carbocycles. The molecular weight excluding hydrogens is 243 g/mol. The molecule has 0 atom stereocenters. The third-order valence-electron chi connectivity index (χ3n) is 2.15. The fourth-order valence-corrected chi connectivity index (χ4v) is 1.34. The van der Waals surface area contributed by atoms with Gasteiger partial charge in [-0.15, -0.1) is 4.39 Å². The molecule has 2 rings (SSSR count). The van der Waals surface area contributed by atoms with Gasteiger partial charge in [0.15, 0.2) is 0 Å². The first-order chi connectivity index (χ1) is 8.66. The number of benzene rings is 1. The number of amides is 1. The first-order valence-electron chi connectivity index (χ1n) is 5.08. The van der Waals surface area contributed by atoms with Crippen LogP contribution < -0.4 is 5.32 Å². The number of esters is 1. The van der Waals surface area contributed by atoms with Crippen LogP contribution in [0.3, 0.4) is 0 Å². The van der Waals surface area contributed by atoms with Gasteiger partial charge >= 0.3 is 12.1 Å². The summed E-state index contributed by atoms with van der Waals surface area (Å²) in [7, 11) is 0. The molecule has 0 saturated heterocycles. The maximum Gasteiger partial charge on any atom is 0.397 e. The van der Waals surface area contributed by atoms with Gasteiger partial charge < -0.3 is 10.1 Å². The Morgan fingerprint density at radius 3 is 2.89 bits per heavy atom. The summed E-state index contributed by atoms with van der Waals surface area (Å²) in [4.78, 5) is 21.5. The van der Waals surface area contributed by atoms with Crippen molar-refractivity contribution in [2.45, 2.75) is 0 Å². The highest BCUT2D eigenvalue weighted by atomic mass is 19.1. The number of aromatic amines is 1. The number of carbonyl (C=O) groups excluding carboxylic acids is 2. The molecular formula is C10H9FN4O3. The Labute approximate surface area is 100 Å². The van der Waals surface area contributed by atoms with E-state index >= 15 is 0 Å². The second kappa shape index (κ2) is 5.21. The Hall–Kier alpha value is -2.51. The number of nitrogens with zero attached hydrogens (tertiary/aromatic N) is 2. The van der Waals surface area contributed by atoms with Gasteiger partial charge in [-0.25, -0.2) is 9.59 Å². The van der Waals surface area contributed by atoms with E-state index in [1.165, 1.54) is 6.07 Å². The molecule has 0 aliphatic carbocycles. The summed E-state index contributed by atoms with van der Waals surface area (Å²) >= 11 is 0. The van der Waals surface area contributed by atoms with Crippen LogP contribution in [0.4, 0.5) is 9.18 Å². The molecule has 2 aromatic rings. The fourth-order valence-electron chi connectivity index (χ4n) is 1.34. The van der Waals surface area contributed by atoms with Gasteiger partial charge in [0, 0.05) is 0 Å². The van der Waals surface area contributed by atoms with Crippen molar-refractivity contribution in [2.75, 3.05) is 13.2 Å². The molecule has 1 aromatic carbocycles. The topological polar surface area (TPSA) is 97.0 Å². The van der Waals surface area contributed by atoms with Gasteiger partial charge in [-0.3, -0.25) is 0 Å². The van der Waals surface area contributed by atoms with Gasteiger partial charge in [-0.05, 0) is 18.2 Å². The van der Waals surface area contributed by atoms with Crippen LogP contribution in [0.5, 0.6) is 0 Å². The maximum absolute atomic E-state index is 11.8. The van der Waals surface area contributed by atoms with Crippen LogP contribution in [0.25, 0.3) is 11.0 Å². The van der Waals surface area contributed by atoms with Crippen LogP contribution in [-0.2, 0) is 4.74 Å². The lowest BCUT2D eigenvalue weighted by Crippen LogP contribution is -2.23. The zero-order chi connectivity index (χ0) is 13.0. The van der Waals surface area contributed by atoms with Crippen molar-refractivity contribution in [1.29, 1.82) is 0 Å². The smallest absolute Gasteiger partial charge is 0.397 e. The van der Waals surface area contributed by atoms with E-state index in [1.54, 1.807) is 12.1 Å². The van der Waals surface area contributed by atoms with Crippen molar-refractivity contribution >= 4 is 23.2 Å². The van der Waals surface area contributed by atoms with Crippen LogP contribution in [0, 0.1) is 0 Å². The number of hydrogen-bond donors (Lipinski definition) is 2. The first kappa shape index (κ1) is 12.0. The zero-order valence-electron chi connectivity index (χ0n) is 9.14. The minimum atomic E-state index is -1.66. The number of ether oxygens (including phenoxy) is 1. The number of H-pyrrole nitrogens is 1. The summed E-state index contributed by atoms with van der Waals surface area (Å²) in [5.74, 6) is -0.576. The van der Waals surface area contributed by atoms with Crippen LogP contribution in [0.2, 0.25) is 0 Å². The molecule has 94 valence electrons. The molecule has 0 bridgehead atoms. The van der Waals surface area contributed by atoms with E-state index in [0.717, 1.165) is 0 Å². The maximum atomic E-state index is 11.8. The van der Waals surface area contributed by atoms with Gasteiger partial charge in [-0.2, -0.15) is 15.4 Å². The molecule has 0 aliphatic rings. The molecule has 8 heteroatoms. The predicted molar refractivity (Wildman–Crippen MR) is 58.7 cm³/mol. The lowest BCUT2D eigenvalue weighted by Gasteiger charge is -2.04. The summed E-state index contributed by atoms with van der Waals surface area (Å²) in [5.41, 5.74) is 1.49. The van der Waals surface area contributed by atoms with E-state index in [2.05, 4.69) is 15.4 Å². The summed E-state index contributed by atoms with van der Waals surface area (Å²) < 4.78 is 16.6. The average molecular weight is 252 g/mol. The van der Waals surface area contributed by atoms with E-state index in [9.17, 15) is 14.0 Å². The van der Waals surface area contributed by atoms with Gasteiger partial charge in [0.05, 0.1) is 12.1 Å². The number of nitrogens with one attached hydrogen (secondary N) is 2. The number of hydrogen-bond acceptors (Lipinski definition) is 5. The van der Waals surface area contributed by atoms with Crippen molar-refractivity contribution < 1.29 is 18.7 Å². The van der Waals surface area contributed by atoms with E-state index in [4.69, 9.17) is 4.74 Å². The number of carbonyl (C=O) groups is 2. The molecule has 18 heavy (non-hydrogen) atoms. The zero-order valence-corrected chi connectivity index (χ0v) is 9.14. The minimum absolute atomic E-state index is 0.0761. The van der Waals surface area contributed by atoms with Gasteiger partial charge in [0.25, 0.3) is 0 Å². The third-order valence-corrected chi connectivity index (χ3v) is 2.15. The quantitative estimate of drug-likeness (QED) is 0.363. The molecule has 0 fully saturated rings. The standard InChI is InChI=1S/C10H9FN4O3/c11-10(17)12-3-4-18-9(16)6-1-2-7-8(5-6)14-15-13-7/h1-2,5H,3-4H2,(H,12,17)(H,13,14,15). The number of halogens is 1. The van der Waals surface area contributed by atoms with Gasteiger partial charge in [0.2, 0.25) is 0 Å². The van der Waals surface area contributed by atoms with Crippen molar-refractivity contribution in [1.82, 2.24) is 20.7 Å². The fraction of sp³-hybridized carbons (Fsp3) is 0.200. The van der Waals surface area contributed by atoms with Crippen molar-refractivity contribution in [3.05, 3.63) is 23.8 Å². The predicted octanol–water partition coefficient (Wildman–Crippen LogP) is 0.794. The Morgan fingerprint density at radius 1 is 1.33 bits per heavy atom. The summed E-state index contributed by atoms with van der Waals surface area (Å²) in [6, 6.07) is 4.69. The molecule has 0 spiro atoms. The van der Waals surface area contributed by atoms with Gasteiger partial charge in [0.1, 0.15) is 17.6 Å². The van der Waals surface area contributed by atoms with E-state index < -0.39 is 12.1 Å². The van der Waals surface area contributed by atoms with Gasteiger partial charge in [-0.1, -0.05) is 0 Å². The highest BCUT2D eigenvalue weighted by Gasteiger charge is 2.09.